The van der Waals surface area contributed by atoms with Crippen LogP contribution in [0.25, 0.3) is 0 Å². The summed E-state index contributed by atoms with van der Waals surface area (Å²) in [5, 5.41) is 3.17. The van der Waals surface area contributed by atoms with Gasteiger partial charge in [0.2, 0.25) is 0 Å². The zero-order valence-corrected chi connectivity index (χ0v) is 8.89. The van der Waals surface area contributed by atoms with E-state index in [2.05, 4.69) is 11.4 Å². The van der Waals surface area contributed by atoms with E-state index in [-0.39, 0.29) is 5.82 Å². The van der Waals surface area contributed by atoms with Gasteiger partial charge in [-0.15, -0.1) is 0 Å². The van der Waals surface area contributed by atoms with Crippen molar-refractivity contribution >= 4 is 5.69 Å². The topological polar surface area (TPSA) is 12.0 Å². The molecule has 1 aromatic carbocycles. The van der Waals surface area contributed by atoms with Crippen LogP contribution in [0.4, 0.5) is 10.1 Å². The summed E-state index contributed by atoms with van der Waals surface area (Å²) in [6.07, 6.45) is 2.07. The molecule has 1 aromatic rings. The number of benzene rings is 1. The lowest BCUT2D eigenvalue weighted by Crippen LogP contribution is -2.00. The van der Waals surface area contributed by atoms with Gasteiger partial charge in [0.15, 0.2) is 0 Å². The van der Waals surface area contributed by atoms with Gasteiger partial charge in [-0.2, -0.15) is 0 Å². The van der Waals surface area contributed by atoms with Gasteiger partial charge < -0.3 is 5.32 Å². The van der Waals surface area contributed by atoms with Crippen molar-refractivity contribution in [3.63, 3.8) is 0 Å². The fourth-order valence-corrected chi connectivity index (χ4v) is 1.15. The smallest absolute Gasteiger partial charge is 0.125 e. The van der Waals surface area contributed by atoms with Crippen LogP contribution in [0, 0.1) is 12.7 Å². The molecule has 0 aliphatic carbocycles. The summed E-state index contributed by atoms with van der Waals surface area (Å²) < 4.78 is 12.9. The SMILES string of the molecule is CC(C)=CCNc1cc(F)ccc1C. The zero-order chi connectivity index (χ0) is 10.6. The van der Waals surface area contributed by atoms with Gasteiger partial charge in [-0.25, -0.2) is 4.39 Å². The fraction of sp³-hybridized carbons (Fsp3) is 0.333. The Morgan fingerprint density at radius 1 is 1.43 bits per heavy atom. The van der Waals surface area contributed by atoms with E-state index in [4.69, 9.17) is 0 Å². The molecule has 0 radical (unpaired) electrons. The van der Waals surface area contributed by atoms with E-state index < -0.39 is 0 Å². The summed E-state index contributed by atoms with van der Waals surface area (Å²) in [7, 11) is 0. The van der Waals surface area contributed by atoms with Crippen LogP contribution in [-0.2, 0) is 0 Å². The summed E-state index contributed by atoms with van der Waals surface area (Å²) in [5.41, 5.74) is 3.18. The predicted molar refractivity (Wildman–Crippen MR) is 59.1 cm³/mol. The van der Waals surface area contributed by atoms with Gasteiger partial charge in [0, 0.05) is 12.2 Å². The van der Waals surface area contributed by atoms with Gasteiger partial charge in [0.25, 0.3) is 0 Å². The first-order valence-electron chi connectivity index (χ1n) is 4.73. The number of allylic oxidation sites excluding steroid dienone is 1. The second kappa shape index (κ2) is 4.80. The summed E-state index contributed by atoms with van der Waals surface area (Å²) in [4.78, 5) is 0. The molecule has 0 fully saturated rings. The molecule has 1 nitrogen and oxygen atoms in total. The van der Waals surface area contributed by atoms with E-state index in [1.165, 1.54) is 17.7 Å². The molecule has 0 unspecified atom stereocenters. The summed E-state index contributed by atoms with van der Waals surface area (Å²) >= 11 is 0. The van der Waals surface area contributed by atoms with Crippen LogP contribution < -0.4 is 5.32 Å². The first-order chi connectivity index (χ1) is 6.59. The lowest BCUT2D eigenvalue weighted by Gasteiger charge is -2.07. The second-order valence-corrected chi connectivity index (χ2v) is 3.62. The van der Waals surface area contributed by atoms with Gasteiger partial charge in [-0.1, -0.05) is 17.7 Å². The minimum atomic E-state index is -0.199. The molecule has 0 bridgehead atoms. The Kier molecular flexibility index (Phi) is 3.69. The van der Waals surface area contributed by atoms with Gasteiger partial charge >= 0.3 is 0 Å². The van der Waals surface area contributed by atoms with Crippen LogP contribution >= 0.6 is 0 Å². The maximum atomic E-state index is 12.9. The van der Waals surface area contributed by atoms with Crippen molar-refractivity contribution in [1.82, 2.24) is 0 Å². The molecule has 76 valence electrons. The van der Waals surface area contributed by atoms with Crippen LogP contribution in [0.5, 0.6) is 0 Å². The van der Waals surface area contributed by atoms with E-state index in [9.17, 15) is 4.39 Å². The third kappa shape index (κ3) is 3.21. The van der Waals surface area contributed by atoms with Crippen molar-refractivity contribution in [3.05, 3.63) is 41.2 Å². The van der Waals surface area contributed by atoms with Crippen LogP contribution in [0.3, 0.4) is 0 Å². The standard InChI is InChI=1S/C12H16FN/c1-9(2)6-7-14-12-8-11(13)5-4-10(12)3/h4-6,8,14H,7H2,1-3H3. The Morgan fingerprint density at radius 2 is 2.14 bits per heavy atom. The molecule has 1 rings (SSSR count). The highest BCUT2D eigenvalue weighted by Crippen LogP contribution is 2.15. The Hall–Kier alpha value is -1.31. The van der Waals surface area contributed by atoms with Gasteiger partial charge in [0.1, 0.15) is 5.82 Å². The average Bonchev–Trinajstić information content (AvgIpc) is 2.10. The average molecular weight is 193 g/mol. The Morgan fingerprint density at radius 3 is 2.79 bits per heavy atom. The lowest BCUT2D eigenvalue weighted by molar-refractivity contribution is 0.628. The number of aryl methyl sites for hydroxylation is 1. The molecule has 0 saturated heterocycles. The Bertz CT molecular complexity index is 338. The van der Waals surface area contributed by atoms with Gasteiger partial charge in [-0.05, 0) is 38.5 Å². The van der Waals surface area contributed by atoms with E-state index in [1.807, 2.05) is 20.8 Å². The van der Waals surface area contributed by atoms with E-state index in [1.54, 1.807) is 6.07 Å². The summed E-state index contributed by atoms with van der Waals surface area (Å²) in [6, 6.07) is 4.77. The first kappa shape index (κ1) is 10.8. The quantitative estimate of drug-likeness (QED) is 0.724. The van der Waals surface area contributed by atoms with Gasteiger partial charge in [0.05, 0.1) is 0 Å². The number of anilines is 1. The van der Waals surface area contributed by atoms with Crippen LogP contribution in [0.1, 0.15) is 19.4 Å². The molecule has 0 heterocycles. The molecule has 0 saturated carbocycles. The third-order valence-electron chi connectivity index (χ3n) is 2.00. The van der Waals surface area contributed by atoms with Crippen LogP contribution in [0.15, 0.2) is 29.8 Å². The maximum Gasteiger partial charge on any atom is 0.125 e. The van der Waals surface area contributed by atoms with Crippen molar-refractivity contribution in [3.8, 4) is 0 Å². The highest BCUT2D eigenvalue weighted by atomic mass is 19.1. The first-order valence-corrected chi connectivity index (χ1v) is 4.73. The highest BCUT2D eigenvalue weighted by molar-refractivity contribution is 5.51. The Balaban J connectivity index is 2.67. The van der Waals surface area contributed by atoms with E-state index >= 15 is 0 Å². The molecule has 0 atom stereocenters. The molecular formula is C12H16FN. The molecule has 0 aliphatic heterocycles. The van der Waals surface area contributed by atoms with Gasteiger partial charge in [-0.3, -0.25) is 0 Å². The van der Waals surface area contributed by atoms with Crippen molar-refractivity contribution in [2.45, 2.75) is 20.8 Å². The molecule has 2 heteroatoms. The summed E-state index contributed by atoms with van der Waals surface area (Å²) in [6.45, 7) is 6.79. The second-order valence-electron chi connectivity index (χ2n) is 3.62. The normalized spacial score (nSPS) is 9.71. The van der Waals surface area contributed by atoms with Crippen LogP contribution in [-0.4, -0.2) is 6.54 Å². The van der Waals surface area contributed by atoms with Crippen molar-refractivity contribution in [2.24, 2.45) is 0 Å². The number of hydrogen-bond donors (Lipinski definition) is 1. The predicted octanol–water partition coefficient (Wildman–Crippen LogP) is 3.51. The molecule has 0 aromatic heterocycles. The largest absolute Gasteiger partial charge is 0.381 e. The van der Waals surface area contributed by atoms with Crippen molar-refractivity contribution in [1.29, 1.82) is 0 Å². The number of halogens is 1. The fourth-order valence-electron chi connectivity index (χ4n) is 1.15. The highest BCUT2D eigenvalue weighted by Gasteiger charge is 1.97. The molecular weight excluding hydrogens is 177 g/mol. The molecule has 0 spiro atoms. The molecule has 0 aliphatic rings. The van der Waals surface area contributed by atoms with Crippen molar-refractivity contribution < 1.29 is 4.39 Å². The third-order valence-corrected chi connectivity index (χ3v) is 2.00. The Labute approximate surface area is 84.6 Å². The van der Waals surface area contributed by atoms with E-state index in [0.29, 0.717) is 0 Å². The summed E-state index contributed by atoms with van der Waals surface area (Å²) in [5.74, 6) is -0.199. The number of rotatable bonds is 3. The minimum Gasteiger partial charge on any atom is -0.381 e. The monoisotopic (exact) mass is 193 g/mol. The molecule has 14 heavy (non-hydrogen) atoms. The number of nitrogens with one attached hydrogen (secondary N) is 1. The zero-order valence-electron chi connectivity index (χ0n) is 8.89. The maximum absolute atomic E-state index is 12.9. The number of hydrogen-bond acceptors (Lipinski definition) is 1. The van der Waals surface area contributed by atoms with E-state index in [0.717, 1.165) is 17.8 Å². The lowest BCUT2D eigenvalue weighted by atomic mass is 10.2. The van der Waals surface area contributed by atoms with Crippen LogP contribution in [0.2, 0.25) is 0 Å². The molecule has 0 amide bonds. The van der Waals surface area contributed by atoms with Crippen molar-refractivity contribution in [2.75, 3.05) is 11.9 Å². The molecule has 1 N–H and O–H groups in total. The minimum absolute atomic E-state index is 0.199.